The maximum atomic E-state index is 5.51. The van der Waals surface area contributed by atoms with Crippen LogP contribution in [0.15, 0.2) is 29.3 Å². The Balaban J connectivity index is 0.00000256. The molecule has 8 heteroatoms. The van der Waals surface area contributed by atoms with Crippen molar-refractivity contribution in [2.75, 3.05) is 72.7 Å². The molecule has 0 radical (unpaired) electrons. The van der Waals surface area contributed by atoms with Gasteiger partial charge in [0, 0.05) is 65.4 Å². The van der Waals surface area contributed by atoms with Crippen molar-refractivity contribution in [3.8, 4) is 0 Å². The zero-order valence-corrected chi connectivity index (χ0v) is 20.4. The molecule has 1 atom stereocenters. The van der Waals surface area contributed by atoms with E-state index in [4.69, 9.17) is 9.47 Å². The summed E-state index contributed by atoms with van der Waals surface area (Å²) >= 11 is 0. The second-order valence-corrected chi connectivity index (χ2v) is 8.09. The third kappa shape index (κ3) is 6.29. The number of aliphatic imine (C=N–C) groups is 1. The fourth-order valence-corrected chi connectivity index (χ4v) is 4.57. The van der Waals surface area contributed by atoms with Crippen LogP contribution in [0.3, 0.4) is 0 Å². The Morgan fingerprint density at radius 1 is 1.00 bits per heavy atom. The molecule has 3 saturated heterocycles. The second-order valence-electron chi connectivity index (χ2n) is 8.09. The molecule has 7 nitrogen and oxygen atoms in total. The van der Waals surface area contributed by atoms with Gasteiger partial charge in [-0.2, -0.15) is 0 Å². The average Bonchev–Trinajstić information content (AvgIpc) is 3.27. The number of halogens is 1. The van der Waals surface area contributed by atoms with E-state index in [9.17, 15) is 0 Å². The van der Waals surface area contributed by atoms with Gasteiger partial charge in [-0.3, -0.25) is 14.8 Å². The maximum absolute atomic E-state index is 5.51. The fourth-order valence-electron chi connectivity index (χ4n) is 4.57. The predicted octanol–water partition coefficient (Wildman–Crippen LogP) is 1.62. The molecule has 0 amide bonds. The highest BCUT2D eigenvalue weighted by molar-refractivity contribution is 14.0. The molecule has 0 saturated carbocycles. The van der Waals surface area contributed by atoms with Crippen molar-refractivity contribution in [1.29, 1.82) is 0 Å². The van der Waals surface area contributed by atoms with Gasteiger partial charge in [0.05, 0.1) is 26.4 Å². The lowest BCUT2D eigenvalue weighted by atomic mass is 10.1. The highest BCUT2D eigenvalue weighted by Crippen LogP contribution is 2.18. The van der Waals surface area contributed by atoms with Gasteiger partial charge < -0.3 is 19.7 Å². The molecule has 1 aromatic carbocycles. The molecule has 3 fully saturated rings. The van der Waals surface area contributed by atoms with Crippen LogP contribution in [0.2, 0.25) is 0 Å². The zero-order valence-electron chi connectivity index (χ0n) is 18.1. The van der Waals surface area contributed by atoms with Crippen LogP contribution in [0.1, 0.15) is 17.5 Å². The summed E-state index contributed by atoms with van der Waals surface area (Å²) in [5.41, 5.74) is 2.74. The van der Waals surface area contributed by atoms with E-state index >= 15 is 0 Å². The molecule has 1 N–H and O–H groups in total. The van der Waals surface area contributed by atoms with Gasteiger partial charge >= 0.3 is 0 Å². The van der Waals surface area contributed by atoms with Crippen molar-refractivity contribution in [3.63, 3.8) is 0 Å². The molecule has 4 rings (SSSR count). The van der Waals surface area contributed by atoms with Crippen molar-refractivity contribution >= 4 is 29.9 Å². The van der Waals surface area contributed by atoms with Crippen LogP contribution in [0, 0.1) is 0 Å². The number of hydrogen-bond acceptors (Lipinski definition) is 5. The van der Waals surface area contributed by atoms with E-state index < -0.39 is 0 Å². The number of nitrogens with zero attached hydrogens (tertiary/aromatic N) is 4. The van der Waals surface area contributed by atoms with E-state index in [2.05, 4.69) is 49.3 Å². The number of morpholine rings is 2. The fraction of sp³-hybridized carbons (Fsp3) is 0.682. The van der Waals surface area contributed by atoms with Crippen LogP contribution >= 0.6 is 24.0 Å². The van der Waals surface area contributed by atoms with Gasteiger partial charge in [-0.25, -0.2) is 0 Å². The van der Waals surface area contributed by atoms with E-state index in [0.29, 0.717) is 6.04 Å². The Morgan fingerprint density at radius 3 is 2.37 bits per heavy atom. The molecular formula is C22H36IN5O2. The third-order valence-electron chi connectivity index (χ3n) is 6.29. The Kier molecular flexibility index (Phi) is 9.64. The number of guanidine groups is 1. The summed E-state index contributed by atoms with van der Waals surface area (Å²) in [6, 6.07) is 9.37. The third-order valence-corrected chi connectivity index (χ3v) is 6.29. The monoisotopic (exact) mass is 529 g/mol. The van der Waals surface area contributed by atoms with E-state index in [-0.39, 0.29) is 24.0 Å². The van der Waals surface area contributed by atoms with Crippen molar-refractivity contribution < 1.29 is 9.47 Å². The van der Waals surface area contributed by atoms with Crippen LogP contribution in [-0.4, -0.2) is 99.4 Å². The minimum atomic E-state index is 0. The molecule has 3 aliphatic rings. The molecule has 0 aromatic heterocycles. The minimum Gasteiger partial charge on any atom is -0.379 e. The summed E-state index contributed by atoms with van der Waals surface area (Å²) in [7, 11) is 1.89. The van der Waals surface area contributed by atoms with Gasteiger partial charge in [-0.05, 0) is 17.5 Å². The number of ether oxygens (including phenoxy) is 2. The molecule has 1 aromatic rings. The van der Waals surface area contributed by atoms with Gasteiger partial charge in [-0.15, -0.1) is 24.0 Å². The summed E-state index contributed by atoms with van der Waals surface area (Å²) in [6.07, 6.45) is 1.20. The number of rotatable bonds is 5. The summed E-state index contributed by atoms with van der Waals surface area (Å²) in [4.78, 5) is 12.0. The van der Waals surface area contributed by atoms with Crippen LogP contribution < -0.4 is 5.32 Å². The summed E-state index contributed by atoms with van der Waals surface area (Å²) in [5.74, 6) is 1.02. The lowest BCUT2D eigenvalue weighted by Crippen LogP contribution is -2.46. The lowest BCUT2D eigenvalue weighted by Gasteiger charge is -2.32. The highest BCUT2D eigenvalue weighted by atomic mass is 127. The van der Waals surface area contributed by atoms with E-state index in [0.717, 1.165) is 84.7 Å². The second kappa shape index (κ2) is 12.2. The first kappa shape index (κ1) is 23.7. The number of nitrogens with one attached hydrogen (secondary N) is 1. The minimum absolute atomic E-state index is 0. The first-order valence-electron chi connectivity index (χ1n) is 11.0. The van der Waals surface area contributed by atoms with E-state index in [1.54, 1.807) is 0 Å². The van der Waals surface area contributed by atoms with Gasteiger partial charge in [0.2, 0.25) is 0 Å². The number of benzene rings is 1. The maximum Gasteiger partial charge on any atom is 0.193 e. The Morgan fingerprint density at radius 2 is 1.67 bits per heavy atom. The Bertz CT molecular complexity index is 677. The van der Waals surface area contributed by atoms with Crippen LogP contribution in [0.4, 0.5) is 0 Å². The normalized spacial score (nSPS) is 24.0. The number of hydrogen-bond donors (Lipinski definition) is 1. The van der Waals surface area contributed by atoms with Crippen molar-refractivity contribution in [2.45, 2.75) is 25.6 Å². The number of likely N-dealkylation sites (tertiary alicyclic amines) is 1. The molecule has 0 spiro atoms. The molecule has 1 unspecified atom stereocenters. The largest absolute Gasteiger partial charge is 0.379 e. The van der Waals surface area contributed by atoms with Crippen LogP contribution in [-0.2, 0) is 22.6 Å². The summed E-state index contributed by atoms with van der Waals surface area (Å²) in [6.45, 7) is 11.5. The highest BCUT2D eigenvalue weighted by Gasteiger charge is 2.30. The molecule has 30 heavy (non-hydrogen) atoms. The SMILES string of the molecule is CN=C(NCc1ccccc1CN1CCOCC1)N1CCC(N2CCOCC2)C1.I. The zero-order chi connectivity index (χ0) is 19.9. The van der Waals surface area contributed by atoms with Crippen molar-refractivity contribution in [2.24, 2.45) is 4.99 Å². The van der Waals surface area contributed by atoms with Crippen LogP contribution in [0.25, 0.3) is 0 Å². The smallest absolute Gasteiger partial charge is 0.193 e. The molecular weight excluding hydrogens is 493 g/mol. The Hall–Kier alpha value is -0.940. The average molecular weight is 529 g/mol. The molecule has 168 valence electrons. The van der Waals surface area contributed by atoms with Gasteiger partial charge in [0.15, 0.2) is 5.96 Å². The van der Waals surface area contributed by atoms with E-state index in [1.807, 2.05) is 7.05 Å². The molecule has 3 heterocycles. The quantitative estimate of drug-likeness (QED) is 0.356. The standard InChI is InChI=1S/C22H35N5O2.HI/c1-23-22(27-7-6-21(18-27)26-10-14-29-15-11-26)24-16-19-4-2-3-5-20(19)17-25-8-12-28-13-9-25;/h2-5,21H,6-18H2,1H3,(H,23,24);1H. The van der Waals surface area contributed by atoms with Gasteiger partial charge in [-0.1, -0.05) is 24.3 Å². The predicted molar refractivity (Wildman–Crippen MR) is 131 cm³/mol. The topological polar surface area (TPSA) is 52.6 Å². The first-order chi connectivity index (χ1) is 14.3. The van der Waals surface area contributed by atoms with Crippen molar-refractivity contribution in [3.05, 3.63) is 35.4 Å². The van der Waals surface area contributed by atoms with Crippen molar-refractivity contribution in [1.82, 2.24) is 20.0 Å². The summed E-state index contributed by atoms with van der Waals surface area (Å²) < 4.78 is 11.0. The molecule has 3 aliphatic heterocycles. The summed E-state index contributed by atoms with van der Waals surface area (Å²) in [5, 5.41) is 3.62. The lowest BCUT2D eigenvalue weighted by molar-refractivity contribution is 0.0195. The molecule has 0 aliphatic carbocycles. The molecule has 0 bridgehead atoms. The van der Waals surface area contributed by atoms with Crippen LogP contribution in [0.5, 0.6) is 0 Å². The van der Waals surface area contributed by atoms with Gasteiger partial charge in [0.25, 0.3) is 0 Å². The van der Waals surface area contributed by atoms with E-state index in [1.165, 1.54) is 17.5 Å². The first-order valence-corrected chi connectivity index (χ1v) is 11.0. The van der Waals surface area contributed by atoms with Gasteiger partial charge in [0.1, 0.15) is 0 Å². The Labute approximate surface area is 197 Å².